The van der Waals surface area contributed by atoms with Crippen molar-refractivity contribution in [1.82, 2.24) is 0 Å². The smallest absolute Gasteiger partial charge is 0.00843 e. The maximum absolute atomic E-state index is 6.19. The standard InChI is InChI=1S/C15H25N/c1-11-6-12(2)8-13(7-11)9-14(16)10-15(3,4)5/h6-8,14H,9-10,16H2,1-5H3. The van der Waals surface area contributed by atoms with Crippen molar-refractivity contribution in [2.24, 2.45) is 11.1 Å². The molecule has 0 aliphatic heterocycles. The van der Waals surface area contributed by atoms with E-state index in [1.165, 1.54) is 16.7 Å². The van der Waals surface area contributed by atoms with Gasteiger partial charge in [-0.1, -0.05) is 50.1 Å². The highest BCUT2D eigenvalue weighted by Crippen LogP contribution is 2.22. The van der Waals surface area contributed by atoms with Crippen molar-refractivity contribution < 1.29 is 0 Å². The summed E-state index contributed by atoms with van der Waals surface area (Å²) in [5, 5.41) is 0. The number of benzene rings is 1. The summed E-state index contributed by atoms with van der Waals surface area (Å²) in [7, 11) is 0. The van der Waals surface area contributed by atoms with Crippen molar-refractivity contribution in [3.05, 3.63) is 34.9 Å². The number of hydrogen-bond donors (Lipinski definition) is 1. The van der Waals surface area contributed by atoms with Crippen molar-refractivity contribution in [2.75, 3.05) is 0 Å². The minimum Gasteiger partial charge on any atom is -0.327 e. The van der Waals surface area contributed by atoms with E-state index in [9.17, 15) is 0 Å². The summed E-state index contributed by atoms with van der Waals surface area (Å²) >= 11 is 0. The average molecular weight is 219 g/mol. The van der Waals surface area contributed by atoms with E-state index in [2.05, 4.69) is 52.8 Å². The number of rotatable bonds is 3. The molecule has 1 nitrogen and oxygen atoms in total. The van der Waals surface area contributed by atoms with Gasteiger partial charge >= 0.3 is 0 Å². The molecule has 16 heavy (non-hydrogen) atoms. The third-order valence-electron chi connectivity index (χ3n) is 2.65. The third kappa shape index (κ3) is 4.80. The van der Waals surface area contributed by atoms with Crippen LogP contribution in [0.3, 0.4) is 0 Å². The van der Waals surface area contributed by atoms with E-state index < -0.39 is 0 Å². The lowest BCUT2D eigenvalue weighted by atomic mass is 9.86. The summed E-state index contributed by atoms with van der Waals surface area (Å²) in [4.78, 5) is 0. The fourth-order valence-electron chi connectivity index (χ4n) is 2.35. The molecule has 0 radical (unpaired) electrons. The second-order valence-corrected chi connectivity index (χ2v) is 6.22. The average Bonchev–Trinajstić information content (AvgIpc) is 1.96. The van der Waals surface area contributed by atoms with E-state index in [-0.39, 0.29) is 6.04 Å². The second kappa shape index (κ2) is 5.01. The second-order valence-electron chi connectivity index (χ2n) is 6.22. The van der Waals surface area contributed by atoms with E-state index >= 15 is 0 Å². The third-order valence-corrected chi connectivity index (χ3v) is 2.65. The maximum atomic E-state index is 6.19. The molecule has 1 heteroatoms. The summed E-state index contributed by atoms with van der Waals surface area (Å²) in [5.74, 6) is 0. The van der Waals surface area contributed by atoms with Gasteiger partial charge in [-0.3, -0.25) is 0 Å². The van der Waals surface area contributed by atoms with Crippen molar-refractivity contribution in [3.63, 3.8) is 0 Å². The van der Waals surface area contributed by atoms with E-state index in [1.807, 2.05) is 0 Å². The van der Waals surface area contributed by atoms with Crippen LogP contribution in [0.15, 0.2) is 18.2 Å². The van der Waals surface area contributed by atoms with E-state index in [0.717, 1.165) is 12.8 Å². The van der Waals surface area contributed by atoms with Gasteiger partial charge < -0.3 is 5.73 Å². The van der Waals surface area contributed by atoms with Gasteiger partial charge in [0.1, 0.15) is 0 Å². The molecule has 0 fully saturated rings. The van der Waals surface area contributed by atoms with E-state index in [1.54, 1.807) is 0 Å². The molecule has 0 spiro atoms. The van der Waals surface area contributed by atoms with Crippen LogP contribution in [0.5, 0.6) is 0 Å². The van der Waals surface area contributed by atoms with Crippen LogP contribution >= 0.6 is 0 Å². The monoisotopic (exact) mass is 219 g/mol. The van der Waals surface area contributed by atoms with Crippen LogP contribution in [0, 0.1) is 19.3 Å². The fourth-order valence-corrected chi connectivity index (χ4v) is 2.35. The molecule has 0 heterocycles. The zero-order valence-corrected chi connectivity index (χ0v) is 11.3. The Morgan fingerprint density at radius 2 is 1.56 bits per heavy atom. The first-order valence-electron chi connectivity index (χ1n) is 6.09. The van der Waals surface area contributed by atoms with Crippen molar-refractivity contribution in [3.8, 4) is 0 Å². The normalized spacial score (nSPS) is 13.9. The minimum absolute atomic E-state index is 0.265. The van der Waals surface area contributed by atoms with Gasteiger partial charge in [-0.05, 0) is 37.7 Å². The lowest BCUT2D eigenvalue weighted by Gasteiger charge is -2.23. The molecule has 1 unspecified atom stereocenters. The Labute approximate surface area is 100 Å². The van der Waals surface area contributed by atoms with Crippen molar-refractivity contribution in [2.45, 2.75) is 53.5 Å². The highest BCUT2D eigenvalue weighted by Gasteiger charge is 2.15. The van der Waals surface area contributed by atoms with Gasteiger partial charge in [0.25, 0.3) is 0 Å². The summed E-state index contributed by atoms with van der Waals surface area (Å²) < 4.78 is 0. The molecule has 0 aromatic heterocycles. The molecule has 2 N–H and O–H groups in total. The molecule has 0 aliphatic carbocycles. The summed E-state index contributed by atoms with van der Waals surface area (Å²) in [6, 6.07) is 6.96. The topological polar surface area (TPSA) is 26.0 Å². The molecule has 0 saturated carbocycles. The first kappa shape index (κ1) is 13.2. The molecular weight excluding hydrogens is 194 g/mol. The van der Waals surface area contributed by atoms with Crippen LogP contribution in [0.25, 0.3) is 0 Å². The molecule has 0 bridgehead atoms. The summed E-state index contributed by atoms with van der Waals surface area (Å²) in [6.45, 7) is 11.0. The lowest BCUT2D eigenvalue weighted by Crippen LogP contribution is -2.28. The van der Waals surface area contributed by atoms with Crippen molar-refractivity contribution >= 4 is 0 Å². The van der Waals surface area contributed by atoms with Crippen LogP contribution in [0.2, 0.25) is 0 Å². The minimum atomic E-state index is 0.265. The van der Waals surface area contributed by atoms with Gasteiger partial charge in [0.2, 0.25) is 0 Å². The van der Waals surface area contributed by atoms with Gasteiger partial charge in [-0.15, -0.1) is 0 Å². The number of nitrogens with two attached hydrogens (primary N) is 1. The molecule has 1 atom stereocenters. The number of aryl methyl sites for hydroxylation is 2. The first-order chi connectivity index (χ1) is 7.26. The Balaban J connectivity index is 2.66. The van der Waals surface area contributed by atoms with Crippen LogP contribution < -0.4 is 5.73 Å². The van der Waals surface area contributed by atoms with Crippen LogP contribution in [0.1, 0.15) is 43.9 Å². The van der Waals surface area contributed by atoms with Gasteiger partial charge in [0, 0.05) is 6.04 Å². The predicted molar refractivity (Wildman–Crippen MR) is 71.7 cm³/mol. The fraction of sp³-hybridized carbons (Fsp3) is 0.600. The molecule has 1 aromatic carbocycles. The highest BCUT2D eigenvalue weighted by molar-refractivity contribution is 5.29. The van der Waals surface area contributed by atoms with Gasteiger partial charge in [-0.2, -0.15) is 0 Å². The summed E-state index contributed by atoms with van der Waals surface area (Å²) in [5.41, 5.74) is 10.5. The quantitative estimate of drug-likeness (QED) is 0.825. The van der Waals surface area contributed by atoms with Crippen LogP contribution in [-0.4, -0.2) is 6.04 Å². The zero-order valence-electron chi connectivity index (χ0n) is 11.3. The molecule has 0 amide bonds. The first-order valence-corrected chi connectivity index (χ1v) is 6.09. The van der Waals surface area contributed by atoms with E-state index in [4.69, 9.17) is 5.73 Å². The molecular formula is C15H25N. The SMILES string of the molecule is Cc1cc(C)cc(CC(N)CC(C)(C)C)c1. The van der Waals surface area contributed by atoms with Gasteiger partial charge in [0.15, 0.2) is 0 Å². The highest BCUT2D eigenvalue weighted by atomic mass is 14.6. The largest absolute Gasteiger partial charge is 0.327 e. The van der Waals surface area contributed by atoms with Crippen LogP contribution in [-0.2, 0) is 6.42 Å². The summed E-state index contributed by atoms with van der Waals surface area (Å²) in [6.07, 6.45) is 2.06. The molecule has 1 aromatic rings. The van der Waals surface area contributed by atoms with Gasteiger partial charge in [-0.25, -0.2) is 0 Å². The van der Waals surface area contributed by atoms with E-state index in [0.29, 0.717) is 5.41 Å². The Morgan fingerprint density at radius 3 is 2.00 bits per heavy atom. The Bertz CT molecular complexity index is 327. The number of hydrogen-bond acceptors (Lipinski definition) is 1. The Kier molecular flexibility index (Phi) is 4.15. The Morgan fingerprint density at radius 1 is 1.06 bits per heavy atom. The van der Waals surface area contributed by atoms with Crippen molar-refractivity contribution in [1.29, 1.82) is 0 Å². The van der Waals surface area contributed by atoms with Gasteiger partial charge in [0.05, 0.1) is 0 Å². The molecule has 0 aliphatic rings. The maximum Gasteiger partial charge on any atom is 0.00843 e. The van der Waals surface area contributed by atoms with Crippen LogP contribution in [0.4, 0.5) is 0 Å². The lowest BCUT2D eigenvalue weighted by molar-refractivity contribution is 0.338. The zero-order chi connectivity index (χ0) is 12.3. The predicted octanol–water partition coefficient (Wildman–Crippen LogP) is 3.61. The Hall–Kier alpha value is -0.820. The molecule has 90 valence electrons. The molecule has 0 saturated heterocycles. The molecule has 1 rings (SSSR count).